The molecule has 2 N–H and O–H groups in total. The highest BCUT2D eigenvalue weighted by atomic mass is 32.2. The van der Waals surface area contributed by atoms with Crippen molar-refractivity contribution >= 4 is 27.0 Å². The molecule has 4 aromatic rings. The fourth-order valence-corrected chi connectivity index (χ4v) is 5.76. The van der Waals surface area contributed by atoms with Crippen molar-refractivity contribution in [3.63, 3.8) is 0 Å². The molecule has 198 valence electrons. The van der Waals surface area contributed by atoms with E-state index in [4.69, 9.17) is 14.8 Å². The van der Waals surface area contributed by atoms with Crippen molar-refractivity contribution in [3.8, 4) is 5.75 Å². The van der Waals surface area contributed by atoms with Crippen molar-refractivity contribution < 1.29 is 23.1 Å². The van der Waals surface area contributed by atoms with Crippen molar-refractivity contribution in [3.05, 3.63) is 89.2 Å². The molecule has 0 spiro atoms. The number of nitrogens with zero attached hydrogens (tertiary/aromatic N) is 2. The molecular weight excluding hydrogens is 502 g/mol. The molecule has 0 radical (unpaired) electrons. The summed E-state index contributed by atoms with van der Waals surface area (Å²) in [6, 6.07) is 17.5. The molecule has 1 saturated carbocycles. The molecule has 0 saturated heterocycles. The van der Waals surface area contributed by atoms with E-state index in [0.29, 0.717) is 12.5 Å². The van der Waals surface area contributed by atoms with Gasteiger partial charge in [-0.1, -0.05) is 18.6 Å². The number of aromatic nitrogens is 2. The molecule has 1 aliphatic carbocycles. The highest BCUT2D eigenvalue weighted by Crippen LogP contribution is 2.31. The van der Waals surface area contributed by atoms with Crippen LogP contribution in [-0.2, 0) is 29.5 Å². The summed E-state index contributed by atoms with van der Waals surface area (Å²) in [5, 5.41) is 10.0. The van der Waals surface area contributed by atoms with Crippen LogP contribution in [-0.4, -0.2) is 35.7 Å². The van der Waals surface area contributed by atoms with Crippen LogP contribution in [0.1, 0.15) is 53.4 Å². The van der Waals surface area contributed by atoms with E-state index in [-0.39, 0.29) is 17.0 Å². The van der Waals surface area contributed by atoms with Crippen molar-refractivity contribution in [1.82, 2.24) is 14.3 Å². The first-order valence-corrected chi connectivity index (χ1v) is 14.3. The Hall–Kier alpha value is -3.69. The second-order valence-electron chi connectivity index (χ2n) is 9.71. The lowest BCUT2D eigenvalue weighted by Gasteiger charge is -2.27. The summed E-state index contributed by atoms with van der Waals surface area (Å²) >= 11 is 0. The van der Waals surface area contributed by atoms with Crippen LogP contribution in [0, 0.1) is 5.92 Å². The minimum Gasteiger partial charge on any atom is -0.494 e. The maximum atomic E-state index is 12.7. The lowest BCUT2D eigenvalue weighted by Crippen LogP contribution is -2.23. The number of rotatable bonds is 11. The molecule has 9 heteroatoms. The Kier molecular flexibility index (Phi) is 7.49. The number of hydrogen-bond donors (Lipinski definition) is 2. The van der Waals surface area contributed by atoms with Crippen LogP contribution in [0.5, 0.6) is 5.75 Å². The fourth-order valence-electron chi connectivity index (χ4n) is 4.74. The van der Waals surface area contributed by atoms with Gasteiger partial charge in [0.05, 0.1) is 17.1 Å². The summed E-state index contributed by atoms with van der Waals surface area (Å²) in [6.45, 7) is 3.61. The van der Waals surface area contributed by atoms with Crippen molar-refractivity contribution in [2.24, 2.45) is 5.92 Å². The van der Waals surface area contributed by atoms with Gasteiger partial charge in [0, 0.05) is 36.8 Å². The zero-order valence-corrected chi connectivity index (χ0v) is 22.1. The Labute approximate surface area is 222 Å². The first-order chi connectivity index (χ1) is 18.3. The van der Waals surface area contributed by atoms with E-state index in [1.807, 2.05) is 25.1 Å². The average Bonchev–Trinajstić information content (AvgIpc) is 3.22. The van der Waals surface area contributed by atoms with Crippen LogP contribution in [0.4, 0.5) is 0 Å². The number of sulfonamides is 1. The van der Waals surface area contributed by atoms with Crippen LogP contribution < -0.4 is 9.46 Å². The minimum absolute atomic E-state index is 0.0147. The van der Waals surface area contributed by atoms with Gasteiger partial charge in [-0.2, -0.15) is 0 Å². The number of carboxylic acids is 1. The molecule has 38 heavy (non-hydrogen) atoms. The predicted octanol–water partition coefficient (Wildman–Crippen LogP) is 5.00. The molecule has 5 rings (SSSR count). The van der Waals surface area contributed by atoms with Crippen LogP contribution in [0.25, 0.3) is 11.0 Å². The molecule has 0 unspecified atom stereocenters. The number of aromatic carboxylic acids is 1. The summed E-state index contributed by atoms with van der Waals surface area (Å²) in [5.74, 6) is 0.413. The largest absolute Gasteiger partial charge is 0.494 e. The van der Waals surface area contributed by atoms with Crippen LogP contribution in [0.15, 0.2) is 71.8 Å². The first kappa shape index (κ1) is 25.9. The zero-order chi connectivity index (χ0) is 26.7. The van der Waals surface area contributed by atoms with Gasteiger partial charge in [-0.25, -0.2) is 22.9 Å². The van der Waals surface area contributed by atoms with Gasteiger partial charge in [-0.15, -0.1) is 0 Å². The lowest BCUT2D eigenvalue weighted by molar-refractivity contribution is 0.0696. The van der Waals surface area contributed by atoms with E-state index in [1.54, 1.807) is 6.20 Å². The number of benzene rings is 2. The van der Waals surface area contributed by atoms with Gasteiger partial charge in [0.2, 0.25) is 10.0 Å². The quantitative estimate of drug-likeness (QED) is 0.281. The minimum atomic E-state index is -3.80. The van der Waals surface area contributed by atoms with E-state index in [2.05, 4.69) is 27.5 Å². The summed E-state index contributed by atoms with van der Waals surface area (Å²) in [7, 11) is -3.80. The maximum Gasteiger partial charge on any atom is 0.335 e. The van der Waals surface area contributed by atoms with Crippen molar-refractivity contribution in [2.45, 2.75) is 50.6 Å². The van der Waals surface area contributed by atoms with E-state index in [1.165, 1.54) is 54.8 Å². The number of nitrogens with one attached hydrogen (secondary N) is 1. The van der Waals surface area contributed by atoms with Gasteiger partial charge >= 0.3 is 5.97 Å². The second kappa shape index (κ2) is 11.0. The predicted molar refractivity (Wildman–Crippen MR) is 145 cm³/mol. The van der Waals surface area contributed by atoms with E-state index in [9.17, 15) is 13.2 Å². The monoisotopic (exact) mass is 533 g/mol. The van der Waals surface area contributed by atoms with Gasteiger partial charge in [0.1, 0.15) is 11.4 Å². The first-order valence-electron chi connectivity index (χ1n) is 12.8. The Balaban J connectivity index is 1.36. The Morgan fingerprint density at radius 1 is 1.08 bits per heavy atom. The Morgan fingerprint density at radius 3 is 2.45 bits per heavy atom. The van der Waals surface area contributed by atoms with Crippen molar-refractivity contribution in [1.29, 1.82) is 0 Å². The highest BCUT2D eigenvalue weighted by molar-refractivity contribution is 7.89. The number of carboxylic acid groups (broad SMARTS) is 1. The van der Waals surface area contributed by atoms with Crippen LogP contribution in [0.2, 0.25) is 0 Å². The topological polar surface area (TPSA) is 111 Å². The van der Waals surface area contributed by atoms with Gasteiger partial charge in [-0.3, -0.25) is 0 Å². The van der Waals surface area contributed by atoms with Crippen molar-refractivity contribution in [2.75, 3.05) is 6.61 Å². The Bertz CT molecular complexity index is 1540. The molecule has 2 heterocycles. The lowest BCUT2D eigenvalue weighted by atomic mass is 9.85. The maximum absolute atomic E-state index is 12.7. The third kappa shape index (κ3) is 5.74. The highest BCUT2D eigenvalue weighted by Gasteiger charge is 2.21. The molecule has 0 bridgehead atoms. The normalized spacial score (nSPS) is 13.9. The van der Waals surface area contributed by atoms with E-state index < -0.39 is 16.0 Å². The standard InChI is InChI=1S/C29H31N3O5S/c1-2-37-26-10-6-20(7-11-26)15-25-16-24-14-22(17-30-28(24)32(25)19-21-4-3-5-21)18-31-38(35,36)27-12-8-23(9-13-27)29(33)34/h6-14,16-17,21,31H,2-5,15,18-19H2,1H3,(H,33,34). The van der Waals surface area contributed by atoms with Crippen LogP contribution >= 0.6 is 0 Å². The molecule has 8 nitrogen and oxygen atoms in total. The molecule has 0 aliphatic heterocycles. The zero-order valence-electron chi connectivity index (χ0n) is 21.3. The van der Waals surface area contributed by atoms with Gasteiger partial charge < -0.3 is 14.4 Å². The third-order valence-corrected chi connectivity index (χ3v) is 8.46. The van der Waals surface area contributed by atoms with E-state index >= 15 is 0 Å². The molecular formula is C29H31N3O5S. The van der Waals surface area contributed by atoms with Gasteiger partial charge in [0.15, 0.2) is 0 Å². The molecule has 0 amide bonds. The van der Waals surface area contributed by atoms with Crippen LogP contribution in [0.3, 0.4) is 0 Å². The smallest absolute Gasteiger partial charge is 0.335 e. The molecule has 2 aromatic heterocycles. The molecule has 1 aliphatic rings. The number of ether oxygens (including phenoxy) is 1. The summed E-state index contributed by atoms with van der Waals surface area (Å²) in [5.41, 5.74) is 4.06. The summed E-state index contributed by atoms with van der Waals surface area (Å²) < 4.78 is 36.0. The van der Waals surface area contributed by atoms with E-state index in [0.717, 1.165) is 35.3 Å². The number of hydrogen-bond acceptors (Lipinski definition) is 5. The number of carbonyl (C=O) groups is 1. The number of fused-ring (bicyclic) bond motifs is 1. The average molecular weight is 534 g/mol. The summed E-state index contributed by atoms with van der Waals surface area (Å²) in [6.07, 6.45) is 6.22. The SMILES string of the molecule is CCOc1ccc(Cc2cc3cc(CNS(=O)(=O)c4ccc(C(=O)O)cc4)cnc3n2CC2CCC2)cc1. The molecule has 1 fully saturated rings. The number of pyridine rings is 1. The third-order valence-electron chi connectivity index (χ3n) is 7.04. The molecule has 2 aromatic carbocycles. The fraction of sp³-hybridized carbons (Fsp3) is 0.310. The van der Waals surface area contributed by atoms with Gasteiger partial charge in [0.25, 0.3) is 0 Å². The van der Waals surface area contributed by atoms with Gasteiger partial charge in [-0.05, 0) is 85.3 Å². The molecule has 0 atom stereocenters. The second-order valence-corrected chi connectivity index (χ2v) is 11.5. The Morgan fingerprint density at radius 2 is 1.82 bits per heavy atom. The summed E-state index contributed by atoms with van der Waals surface area (Å²) in [4.78, 5) is 15.8.